The third kappa shape index (κ3) is 5.85. The summed E-state index contributed by atoms with van der Waals surface area (Å²) >= 11 is 0. The minimum Gasteiger partial charge on any atom is -0.326 e. The first-order valence-electron chi connectivity index (χ1n) is 7.32. The van der Waals surface area contributed by atoms with E-state index in [2.05, 4.69) is 5.32 Å². The van der Waals surface area contributed by atoms with Crippen LogP contribution < -0.4 is 10.5 Å². The summed E-state index contributed by atoms with van der Waals surface area (Å²) < 4.78 is 22.0. The van der Waals surface area contributed by atoms with Crippen LogP contribution in [0.5, 0.6) is 0 Å². The number of primary sulfonamides is 1. The quantitative estimate of drug-likeness (QED) is 0.875. The van der Waals surface area contributed by atoms with Crippen molar-refractivity contribution in [2.24, 2.45) is 11.1 Å². The predicted molar refractivity (Wildman–Crippen MR) is 83.1 cm³/mol. The molecule has 1 aliphatic rings. The second kappa shape index (κ2) is 7.04. The highest BCUT2D eigenvalue weighted by Crippen LogP contribution is 2.26. The van der Waals surface area contributed by atoms with Gasteiger partial charge in [-0.15, -0.1) is 0 Å². The van der Waals surface area contributed by atoms with Crippen LogP contribution in [0.15, 0.2) is 24.3 Å². The van der Waals surface area contributed by atoms with Gasteiger partial charge in [-0.1, -0.05) is 31.4 Å². The van der Waals surface area contributed by atoms with Gasteiger partial charge < -0.3 is 5.32 Å². The molecule has 0 aliphatic heterocycles. The van der Waals surface area contributed by atoms with Crippen molar-refractivity contribution in [1.29, 1.82) is 0 Å². The van der Waals surface area contributed by atoms with Crippen LogP contribution in [0.2, 0.25) is 0 Å². The summed E-state index contributed by atoms with van der Waals surface area (Å²) in [6.07, 6.45) is 6.57. The number of carbonyl (C=O) groups excluding carboxylic acids is 1. The van der Waals surface area contributed by atoms with Gasteiger partial charge in [-0.05, 0) is 36.5 Å². The fourth-order valence-corrected chi connectivity index (χ4v) is 3.44. The molecule has 0 aromatic heterocycles. The Hall–Kier alpha value is -1.40. The number of amides is 1. The van der Waals surface area contributed by atoms with Gasteiger partial charge in [-0.3, -0.25) is 4.79 Å². The normalized spacial score (nSPS) is 16.6. The van der Waals surface area contributed by atoms with Crippen LogP contribution in [0.3, 0.4) is 0 Å². The maximum Gasteiger partial charge on any atom is 0.224 e. The number of nitrogens with two attached hydrogens (primary N) is 1. The van der Waals surface area contributed by atoms with Gasteiger partial charge in [0.15, 0.2) is 0 Å². The molecule has 0 unspecified atom stereocenters. The Morgan fingerprint density at radius 2 is 1.76 bits per heavy atom. The topological polar surface area (TPSA) is 89.3 Å². The number of hydrogen-bond donors (Lipinski definition) is 2. The highest BCUT2D eigenvalue weighted by atomic mass is 32.2. The minimum atomic E-state index is -3.52. The van der Waals surface area contributed by atoms with Crippen LogP contribution in [0.4, 0.5) is 5.69 Å². The molecule has 1 amide bonds. The van der Waals surface area contributed by atoms with Gasteiger partial charge in [-0.25, -0.2) is 13.6 Å². The molecule has 0 saturated heterocycles. The van der Waals surface area contributed by atoms with Crippen molar-refractivity contribution in [3.05, 3.63) is 29.8 Å². The number of rotatable bonds is 5. The van der Waals surface area contributed by atoms with Crippen molar-refractivity contribution < 1.29 is 13.2 Å². The number of sulfonamides is 1. The first kappa shape index (κ1) is 16.0. The molecule has 2 rings (SSSR count). The molecule has 3 N–H and O–H groups in total. The summed E-state index contributed by atoms with van der Waals surface area (Å²) in [5.74, 6) is 0.338. The van der Waals surface area contributed by atoms with Crippen LogP contribution in [0, 0.1) is 5.92 Å². The fourth-order valence-electron chi connectivity index (χ4n) is 2.78. The lowest BCUT2D eigenvalue weighted by atomic mass is 9.87. The molecule has 116 valence electrons. The van der Waals surface area contributed by atoms with Gasteiger partial charge in [0.2, 0.25) is 15.9 Å². The van der Waals surface area contributed by atoms with Crippen molar-refractivity contribution in [2.45, 2.75) is 44.3 Å². The molecule has 1 aliphatic carbocycles. The lowest BCUT2D eigenvalue weighted by Gasteiger charge is -2.20. The molecule has 1 aromatic rings. The molecule has 0 spiro atoms. The van der Waals surface area contributed by atoms with Crippen LogP contribution in [0.25, 0.3) is 0 Å². The summed E-state index contributed by atoms with van der Waals surface area (Å²) in [6.45, 7) is 0. The van der Waals surface area contributed by atoms with Gasteiger partial charge in [0, 0.05) is 12.1 Å². The van der Waals surface area contributed by atoms with E-state index in [0.717, 1.165) is 12.8 Å². The molecule has 0 atom stereocenters. The summed E-state index contributed by atoms with van der Waals surface area (Å²) in [6, 6.07) is 6.75. The van der Waals surface area contributed by atoms with Crippen molar-refractivity contribution in [2.75, 3.05) is 5.32 Å². The summed E-state index contributed by atoms with van der Waals surface area (Å²) in [5, 5.41) is 7.85. The van der Waals surface area contributed by atoms with Crippen molar-refractivity contribution in [1.82, 2.24) is 0 Å². The molecule has 0 bridgehead atoms. The van der Waals surface area contributed by atoms with E-state index in [0.29, 0.717) is 23.6 Å². The summed E-state index contributed by atoms with van der Waals surface area (Å²) in [4.78, 5) is 12.0. The number of nitrogens with one attached hydrogen (secondary N) is 1. The van der Waals surface area contributed by atoms with Gasteiger partial charge in [0.1, 0.15) is 0 Å². The highest BCUT2D eigenvalue weighted by molar-refractivity contribution is 7.88. The van der Waals surface area contributed by atoms with E-state index in [4.69, 9.17) is 5.14 Å². The van der Waals surface area contributed by atoms with Crippen molar-refractivity contribution >= 4 is 21.6 Å². The van der Waals surface area contributed by atoms with Crippen LogP contribution >= 0.6 is 0 Å². The molecular formula is C15H22N2O3S. The Bertz CT molecular complexity index is 575. The van der Waals surface area contributed by atoms with Crippen molar-refractivity contribution in [3.8, 4) is 0 Å². The van der Waals surface area contributed by atoms with Crippen LogP contribution in [-0.4, -0.2) is 14.3 Å². The third-order valence-corrected chi connectivity index (χ3v) is 4.54. The zero-order chi connectivity index (χ0) is 15.3. The van der Waals surface area contributed by atoms with E-state index in [-0.39, 0.29) is 11.7 Å². The van der Waals surface area contributed by atoms with Crippen LogP contribution in [-0.2, 0) is 20.6 Å². The number of carbonyl (C=O) groups is 1. The number of hydrogen-bond acceptors (Lipinski definition) is 3. The monoisotopic (exact) mass is 310 g/mol. The standard InChI is InChI=1S/C15H22N2O3S/c16-21(19,20)11-13-6-8-14(9-7-13)17-15(18)10-12-4-2-1-3-5-12/h6-9,12H,1-5,10-11H2,(H,17,18)(H2,16,19,20). The lowest BCUT2D eigenvalue weighted by molar-refractivity contribution is -0.117. The van der Waals surface area contributed by atoms with E-state index in [1.165, 1.54) is 19.3 Å². The highest BCUT2D eigenvalue weighted by Gasteiger charge is 2.17. The van der Waals surface area contributed by atoms with Crippen molar-refractivity contribution in [3.63, 3.8) is 0 Å². The average molecular weight is 310 g/mol. The average Bonchev–Trinajstić information content (AvgIpc) is 2.40. The second-order valence-electron chi connectivity index (χ2n) is 5.76. The zero-order valence-electron chi connectivity index (χ0n) is 12.0. The van der Waals surface area contributed by atoms with E-state index in [1.54, 1.807) is 24.3 Å². The van der Waals surface area contributed by atoms with Gasteiger partial charge in [0.05, 0.1) is 5.75 Å². The Morgan fingerprint density at radius 1 is 1.14 bits per heavy atom. The summed E-state index contributed by atoms with van der Waals surface area (Å²) in [7, 11) is -3.52. The lowest BCUT2D eigenvalue weighted by Crippen LogP contribution is -2.18. The van der Waals surface area contributed by atoms with Gasteiger partial charge in [-0.2, -0.15) is 0 Å². The van der Waals surface area contributed by atoms with E-state index < -0.39 is 10.0 Å². The first-order valence-corrected chi connectivity index (χ1v) is 9.03. The van der Waals surface area contributed by atoms with Gasteiger partial charge >= 0.3 is 0 Å². The third-order valence-electron chi connectivity index (χ3n) is 3.80. The Balaban J connectivity index is 1.86. The molecule has 21 heavy (non-hydrogen) atoms. The molecule has 0 heterocycles. The molecular weight excluding hydrogens is 288 g/mol. The molecule has 1 saturated carbocycles. The fraction of sp³-hybridized carbons (Fsp3) is 0.533. The van der Waals surface area contributed by atoms with E-state index >= 15 is 0 Å². The van der Waals surface area contributed by atoms with Crippen LogP contribution in [0.1, 0.15) is 44.1 Å². The van der Waals surface area contributed by atoms with E-state index in [1.807, 2.05) is 0 Å². The molecule has 1 fully saturated rings. The first-order chi connectivity index (χ1) is 9.92. The Morgan fingerprint density at radius 3 is 2.33 bits per heavy atom. The SMILES string of the molecule is NS(=O)(=O)Cc1ccc(NC(=O)CC2CCCCC2)cc1. The number of benzene rings is 1. The zero-order valence-corrected chi connectivity index (χ0v) is 12.9. The van der Waals surface area contributed by atoms with E-state index in [9.17, 15) is 13.2 Å². The predicted octanol–water partition coefficient (Wildman–Crippen LogP) is 2.38. The largest absolute Gasteiger partial charge is 0.326 e. The maximum absolute atomic E-state index is 12.0. The Labute approximate surface area is 126 Å². The number of anilines is 1. The molecule has 5 nitrogen and oxygen atoms in total. The maximum atomic E-state index is 12.0. The molecule has 0 radical (unpaired) electrons. The summed E-state index contributed by atoms with van der Waals surface area (Å²) in [5.41, 5.74) is 1.30. The molecule has 1 aromatic carbocycles. The molecule has 6 heteroatoms. The minimum absolute atomic E-state index is 0.0288. The second-order valence-corrected chi connectivity index (χ2v) is 7.37. The Kier molecular flexibility index (Phi) is 5.36. The smallest absolute Gasteiger partial charge is 0.224 e. The van der Waals surface area contributed by atoms with Gasteiger partial charge in [0.25, 0.3) is 0 Å².